The highest BCUT2D eigenvalue weighted by Gasteiger charge is 2.08. The van der Waals surface area contributed by atoms with Crippen molar-refractivity contribution in [3.8, 4) is 5.75 Å². The quantitative estimate of drug-likeness (QED) is 0.860. The third-order valence-corrected chi connectivity index (χ3v) is 2.97. The monoisotopic (exact) mass is 298 g/mol. The van der Waals surface area contributed by atoms with E-state index >= 15 is 0 Å². The van der Waals surface area contributed by atoms with Gasteiger partial charge in [0.05, 0.1) is 6.61 Å². The number of amides is 2. The summed E-state index contributed by atoms with van der Waals surface area (Å²) in [6, 6.07) is 13.4. The number of benzene rings is 2. The van der Waals surface area contributed by atoms with Gasteiger partial charge in [-0.25, -0.2) is 0 Å². The molecule has 114 valence electrons. The molecule has 0 spiro atoms. The first-order valence-corrected chi connectivity index (χ1v) is 7.04. The number of carbonyl (C=O) groups is 2. The van der Waals surface area contributed by atoms with E-state index in [1.54, 1.807) is 42.5 Å². The second-order valence-corrected chi connectivity index (χ2v) is 4.78. The van der Waals surface area contributed by atoms with Gasteiger partial charge in [-0.3, -0.25) is 9.59 Å². The molecule has 0 saturated heterocycles. The lowest BCUT2D eigenvalue weighted by Gasteiger charge is -2.08. The summed E-state index contributed by atoms with van der Waals surface area (Å²) in [5, 5.41) is 2.73. The molecule has 2 aromatic carbocycles. The lowest BCUT2D eigenvalue weighted by molar-refractivity contribution is 0.0996. The van der Waals surface area contributed by atoms with Crippen LogP contribution < -0.4 is 15.8 Å². The molecule has 2 aromatic rings. The SMILES string of the molecule is CCCOc1cccc(C(=O)Nc2cccc(C(N)=O)c2)c1. The standard InChI is InChI=1S/C17H18N2O3/c1-2-9-22-15-8-4-6-13(11-15)17(21)19-14-7-3-5-12(10-14)16(18)20/h3-8,10-11H,2,9H2,1H3,(H2,18,20)(H,19,21). The Morgan fingerprint density at radius 3 is 2.55 bits per heavy atom. The summed E-state index contributed by atoms with van der Waals surface area (Å²) in [4.78, 5) is 23.4. The smallest absolute Gasteiger partial charge is 0.255 e. The second-order valence-electron chi connectivity index (χ2n) is 4.78. The summed E-state index contributed by atoms with van der Waals surface area (Å²) in [5.74, 6) is -0.157. The first kappa shape index (κ1) is 15.6. The Hall–Kier alpha value is -2.82. The molecule has 3 N–H and O–H groups in total. The minimum atomic E-state index is -0.536. The van der Waals surface area contributed by atoms with Crippen molar-refractivity contribution in [1.29, 1.82) is 0 Å². The van der Waals surface area contributed by atoms with Crippen LogP contribution in [0.15, 0.2) is 48.5 Å². The zero-order valence-electron chi connectivity index (χ0n) is 12.3. The second kappa shape index (κ2) is 7.26. The molecule has 0 fully saturated rings. The van der Waals surface area contributed by atoms with Crippen molar-refractivity contribution in [2.24, 2.45) is 5.73 Å². The van der Waals surface area contributed by atoms with Gasteiger partial charge in [-0.05, 0) is 42.8 Å². The van der Waals surface area contributed by atoms with Crippen molar-refractivity contribution >= 4 is 17.5 Å². The molecule has 0 aliphatic rings. The van der Waals surface area contributed by atoms with Gasteiger partial charge >= 0.3 is 0 Å². The lowest BCUT2D eigenvalue weighted by Crippen LogP contribution is -2.14. The Morgan fingerprint density at radius 1 is 1.09 bits per heavy atom. The van der Waals surface area contributed by atoms with Crippen LogP contribution in [0.2, 0.25) is 0 Å². The van der Waals surface area contributed by atoms with Gasteiger partial charge in [-0.15, -0.1) is 0 Å². The van der Waals surface area contributed by atoms with Gasteiger partial charge in [0.2, 0.25) is 5.91 Å². The van der Waals surface area contributed by atoms with Crippen molar-refractivity contribution < 1.29 is 14.3 Å². The van der Waals surface area contributed by atoms with Crippen LogP contribution in [0.3, 0.4) is 0 Å². The van der Waals surface area contributed by atoms with Crippen LogP contribution in [0.1, 0.15) is 34.1 Å². The molecule has 0 bridgehead atoms. The molecule has 0 heterocycles. The molecular formula is C17H18N2O3. The Bertz CT molecular complexity index is 683. The molecule has 0 aliphatic carbocycles. The average molecular weight is 298 g/mol. The van der Waals surface area contributed by atoms with Crippen LogP contribution in [0.5, 0.6) is 5.75 Å². The number of ether oxygens (including phenoxy) is 1. The topological polar surface area (TPSA) is 81.4 Å². The predicted molar refractivity (Wildman–Crippen MR) is 85.1 cm³/mol. The highest BCUT2D eigenvalue weighted by Crippen LogP contribution is 2.16. The van der Waals surface area contributed by atoms with E-state index in [1.165, 1.54) is 6.07 Å². The highest BCUT2D eigenvalue weighted by molar-refractivity contribution is 6.05. The number of hydrogen-bond donors (Lipinski definition) is 2. The Morgan fingerprint density at radius 2 is 1.82 bits per heavy atom. The Labute approximate surface area is 129 Å². The minimum absolute atomic E-state index is 0.274. The molecule has 22 heavy (non-hydrogen) atoms. The van der Waals surface area contributed by atoms with Gasteiger partial charge in [-0.1, -0.05) is 19.1 Å². The fraction of sp³-hybridized carbons (Fsp3) is 0.176. The maximum absolute atomic E-state index is 12.2. The van der Waals surface area contributed by atoms with Crippen molar-refractivity contribution in [2.75, 3.05) is 11.9 Å². The maximum atomic E-state index is 12.2. The number of hydrogen-bond acceptors (Lipinski definition) is 3. The summed E-state index contributed by atoms with van der Waals surface area (Å²) >= 11 is 0. The Kier molecular flexibility index (Phi) is 5.14. The zero-order chi connectivity index (χ0) is 15.9. The maximum Gasteiger partial charge on any atom is 0.255 e. The highest BCUT2D eigenvalue weighted by atomic mass is 16.5. The van der Waals surface area contributed by atoms with Gasteiger partial charge in [0, 0.05) is 16.8 Å². The predicted octanol–water partition coefficient (Wildman–Crippen LogP) is 2.83. The van der Waals surface area contributed by atoms with E-state index in [2.05, 4.69) is 5.32 Å². The van der Waals surface area contributed by atoms with Gasteiger partial charge in [0.25, 0.3) is 5.91 Å². The fourth-order valence-corrected chi connectivity index (χ4v) is 1.90. The van der Waals surface area contributed by atoms with Crippen LogP contribution in [0.25, 0.3) is 0 Å². The molecule has 0 atom stereocenters. The summed E-state index contributed by atoms with van der Waals surface area (Å²) < 4.78 is 5.51. The van der Waals surface area contributed by atoms with Crippen LogP contribution in [-0.2, 0) is 0 Å². The van der Waals surface area contributed by atoms with Crippen molar-refractivity contribution in [1.82, 2.24) is 0 Å². The number of anilines is 1. The summed E-state index contributed by atoms with van der Waals surface area (Å²) in [6.07, 6.45) is 0.899. The minimum Gasteiger partial charge on any atom is -0.494 e. The molecule has 0 saturated carbocycles. The molecular weight excluding hydrogens is 280 g/mol. The van der Waals surface area contributed by atoms with Crippen LogP contribution in [0, 0.1) is 0 Å². The molecule has 0 unspecified atom stereocenters. The van der Waals surface area contributed by atoms with E-state index in [9.17, 15) is 9.59 Å². The number of rotatable bonds is 6. The van der Waals surface area contributed by atoms with Gasteiger partial charge < -0.3 is 15.8 Å². The Balaban J connectivity index is 2.12. The van der Waals surface area contributed by atoms with E-state index in [0.29, 0.717) is 29.2 Å². The summed E-state index contributed by atoms with van der Waals surface area (Å²) in [7, 11) is 0. The summed E-state index contributed by atoms with van der Waals surface area (Å²) in [6.45, 7) is 2.62. The molecule has 5 heteroatoms. The van der Waals surface area contributed by atoms with Crippen molar-refractivity contribution in [3.63, 3.8) is 0 Å². The van der Waals surface area contributed by atoms with Gasteiger partial charge in [0.1, 0.15) is 5.75 Å². The first-order valence-electron chi connectivity index (χ1n) is 7.04. The molecule has 0 aromatic heterocycles. The molecule has 0 radical (unpaired) electrons. The lowest BCUT2D eigenvalue weighted by atomic mass is 10.1. The molecule has 5 nitrogen and oxygen atoms in total. The number of primary amides is 1. The van der Waals surface area contributed by atoms with Crippen LogP contribution in [-0.4, -0.2) is 18.4 Å². The third-order valence-electron chi connectivity index (χ3n) is 2.97. The van der Waals surface area contributed by atoms with E-state index in [4.69, 9.17) is 10.5 Å². The normalized spacial score (nSPS) is 10.0. The van der Waals surface area contributed by atoms with Crippen molar-refractivity contribution in [2.45, 2.75) is 13.3 Å². The van der Waals surface area contributed by atoms with Crippen LogP contribution in [0.4, 0.5) is 5.69 Å². The van der Waals surface area contributed by atoms with Crippen molar-refractivity contribution in [3.05, 3.63) is 59.7 Å². The van der Waals surface area contributed by atoms with E-state index < -0.39 is 5.91 Å². The number of nitrogens with one attached hydrogen (secondary N) is 1. The van der Waals surface area contributed by atoms with E-state index in [-0.39, 0.29) is 5.91 Å². The van der Waals surface area contributed by atoms with Gasteiger partial charge in [0.15, 0.2) is 0 Å². The average Bonchev–Trinajstić information content (AvgIpc) is 2.53. The molecule has 2 amide bonds. The zero-order valence-corrected chi connectivity index (χ0v) is 12.3. The number of nitrogens with two attached hydrogens (primary N) is 1. The third kappa shape index (κ3) is 4.09. The van der Waals surface area contributed by atoms with Gasteiger partial charge in [-0.2, -0.15) is 0 Å². The van der Waals surface area contributed by atoms with E-state index in [1.807, 2.05) is 6.92 Å². The summed E-state index contributed by atoms with van der Waals surface area (Å²) in [5.41, 5.74) is 6.57. The largest absolute Gasteiger partial charge is 0.494 e. The van der Waals surface area contributed by atoms with Crippen LogP contribution >= 0.6 is 0 Å². The first-order chi connectivity index (χ1) is 10.6. The molecule has 0 aliphatic heterocycles. The van der Waals surface area contributed by atoms with E-state index in [0.717, 1.165) is 6.42 Å². The fourth-order valence-electron chi connectivity index (χ4n) is 1.90. The number of carbonyl (C=O) groups excluding carboxylic acids is 2. The molecule has 2 rings (SSSR count).